The third-order valence-electron chi connectivity index (χ3n) is 4.43. The fraction of sp³-hybridized carbons (Fsp3) is 0.105. The van der Waals surface area contributed by atoms with Crippen LogP contribution in [0.15, 0.2) is 53.0 Å². The van der Waals surface area contributed by atoms with E-state index in [1.54, 1.807) is 18.2 Å². The van der Waals surface area contributed by atoms with Crippen molar-refractivity contribution >= 4 is 27.7 Å². The van der Waals surface area contributed by atoms with E-state index in [1.165, 1.54) is 4.79 Å². The van der Waals surface area contributed by atoms with Gasteiger partial charge in [0.05, 0.1) is 5.69 Å². The maximum absolute atomic E-state index is 12.6. The Hall–Kier alpha value is -2.93. The van der Waals surface area contributed by atoms with Crippen molar-refractivity contribution in [3.05, 3.63) is 75.4 Å². The van der Waals surface area contributed by atoms with E-state index in [0.717, 1.165) is 27.6 Å². The number of rotatable bonds is 3. The molecule has 0 spiro atoms. The number of nitrogens with zero attached hydrogens (tertiary/aromatic N) is 2. The summed E-state index contributed by atoms with van der Waals surface area (Å²) < 4.78 is 0.802. The molecule has 1 heterocycles. The van der Waals surface area contributed by atoms with Crippen LogP contribution in [0.25, 0.3) is 11.3 Å². The van der Waals surface area contributed by atoms with Gasteiger partial charge in [0.25, 0.3) is 11.8 Å². The predicted octanol–water partition coefficient (Wildman–Crippen LogP) is 2.89. The molecule has 4 rings (SSSR count). The van der Waals surface area contributed by atoms with Crippen LogP contribution in [0, 0.1) is 0 Å². The molecule has 2 aromatic carbocycles. The normalized spacial score (nSPS) is 12.2. The fourth-order valence-electron chi connectivity index (χ4n) is 3.26. The third-order valence-corrected chi connectivity index (χ3v) is 4.92. The van der Waals surface area contributed by atoms with Gasteiger partial charge in [-0.2, -0.15) is 4.79 Å². The van der Waals surface area contributed by atoms with Crippen LogP contribution in [0.5, 0.6) is 0 Å². The fourth-order valence-corrected chi connectivity index (χ4v) is 3.66. The Morgan fingerprint density at radius 3 is 2.69 bits per heavy atom. The summed E-state index contributed by atoms with van der Waals surface area (Å²) in [6.07, 6.45) is 1.45. The average molecular weight is 411 g/mol. The van der Waals surface area contributed by atoms with Gasteiger partial charge in [-0.15, -0.1) is 5.10 Å². The van der Waals surface area contributed by atoms with Crippen molar-refractivity contribution < 1.29 is 9.59 Å². The van der Waals surface area contributed by atoms with Gasteiger partial charge in [0.1, 0.15) is 0 Å². The molecule has 3 aromatic rings. The quantitative estimate of drug-likeness (QED) is 0.695. The van der Waals surface area contributed by atoms with Gasteiger partial charge in [-0.05, 0) is 36.6 Å². The van der Waals surface area contributed by atoms with E-state index >= 15 is 0 Å². The van der Waals surface area contributed by atoms with Gasteiger partial charge < -0.3 is 5.73 Å². The smallest absolute Gasteiger partial charge is 0.271 e. The second-order valence-corrected chi connectivity index (χ2v) is 6.98. The second-order valence-electron chi connectivity index (χ2n) is 6.06. The molecule has 0 fully saturated rings. The lowest BCUT2D eigenvalue weighted by molar-refractivity contribution is 0.0983. The first-order chi connectivity index (χ1) is 12.5. The van der Waals surface area contributed by atoms with Crippen molar-refractivity contribution in [2.75, 3.05) is 5.43 Å². The average Bonchev–Trinajstić information content (AvgIpc) is 3.01. The summed E-state index contributed by atoms with van der Waals surface area (Å²) in [5, 5.41) is 4.28. The van der Waals surface area contributed by atoms with Crippen molar-refractivity contribution in [3.8, 4) is 11.3 Å². The van der Waals surface area contributed by atoms with Crippen LogP contribution in [0.4, 0.5) is 0 Å². The number of hydrogen-bond donors (Lipinski definition) is 2. The molecule has 0 radical (unpaired) electrons. The van der Waals surface area contributed by atoms with Crippen LogP contribution >= 0.6 is 15.9 Å². The molecule has 1 aliphatic carbocycles. The lowest BCUT2D eigenvalue weighted by atomic mass is 9.89. The highest BCUT2D eigenvalue weighted by Crippen LogP contribution is 2.34. The highest BCUT2D eigenvalue weighted by Gasteiger charge is 2.28. The Morgan fingerprint density at radius 2 is 1.92 bits per heavy atom. The van der Waals surface area contributed by atoms with E-state index in [1.807, 2.05) is 30.3 Å². The van der Waals surface area contributed by atoms with Gasteiger partial charge in [0.2, 0.25) is 0 Å². The number of benzene rings is 2. The highest BCUT2D eigenvalue weighted by atomic mass is 79.9. The van der Waals surface area contributed by atoms with Crippen LogP contribution in [-0.4, -0.2) is 21.7 Å². The third kappa shape index (κ3) is 2.80. The van der Waals surface area contributed by atoms with Gasteiger partial charge >= 0.3 is 0 Å². The van der Waals surface area contributed by atoms with Crippen molar-refractivity contribution in [2.45, 2.75) is 12.8 Å². The second kappa shape index (κ2) is 6.42. The molecular formula is C19H15BrN4O2. The van der Waals surface area contributed by atoms with E-state index in [4.69, 9.17) is 5.73 Å². The molecule has 1 aliphatic rings. The Bertz CT molecular complexity index is 1040. The lowest BCUT2D eigenvalue weighted by Crippen LogP contribution is -2.26. The molecule has 7 heteroatoms. The molecule has 0 saturated carbocycles. The molecule has 2 amide bonds. The summed E-state index contributed by atoms with van der Waals surface area (Å²) in [5.41, 5.74) is 12.5. The first-order valence-electron chi connectivity index (χ1n) is 8.11. The first-order valence-corrected chi connectivity index (χ1v) is 8.91. The molecule has 0 unspecified atom stereocenters. The van der Waals surface area contributed by atoms with E-state index in [9.17, 15) is 9.59 Å². The Balaban J connectivity index is 1.80. The number of nitrogens with two attached hydrogens (primary N) is 1. The van der Waals surface area contributed by atoms with Crippen LogP contribution in [-0.2, 0) is 12.8 Å². The minimum Gasteiger partial charge on any atom is -0.364 e. The number of primary amides is 1. The van der Waals surface area contributed by atoms with E-state index < -0.39 is 5.91 Å². The predicted molar refractivity (Wildman–Crippen MR) is 101 cm³/mol. The Morgan fingerprint density at radius 1 is 1.12 bits per heavy atom. The van der Waals surface area contributed by atoms with Gasteiger partial charge in [-0.25, -0.2) is 5.43 Å². The van der Waals surface area contributed by atoms with Gasteiger partial charge in [0, 0.05) is 21.2 Å². The van der Waals surface area contributed by atoms with Crippen molar-refractivity contribution in [1.82, 2.24) is 9.89 Å². The Kier molecular flexibility index (Phi) is 4.08. The maximum atomic E-state index is 12.6. The molecule has 0 atom stereocenters. The number of hydrogen-bond acceptors (Lipinski definition) is 3. The summed E-state index contributed by atoms with van der Waals surface area (Å²) in [6.45, 7) is 0. The molecule has 0 aliphatic heterocycles. The van der Waals surface area contributed by atoms with Crippen molar-refractivity contribution in [1.29, 1.82) is 0 Å². The van der Waals surface area contributed by atoms with E-state index in [2.05, 4.69) is 26.5 Å². The number of amides is 2. The Labute approximate surface area is 158 Å². The van der Waals surface area contributed by atoms with Crippen LogP contribution < -0.4 is 11.2 Å². The summed E-state index contributed by atoms with van der Waals surface area (Å²) in [6, 6.07) is 14.9. The zero-order chi connectivity index (χ0) is 18.3. The molecular weight excluding hydrogens is 396 g/mol. The highest BCUT2D eigenvalue weighted by molar-refractivity contribution is 9.10. The summed E-state index contributed by atoms with van der Waals surface area (Å²) in [4.78, 5) is 25.8. The monoisotopic (exact) mass is 410 g/mol. The molecule has 0 saturated heterocycles. The largest absolute Gasteiger partial charge is 0.364 e. The topological polar surface area (TPSA) is 90.0 Å². The van der Waals surface area contributed by atoms with Crippen molar-refractivity contribution in [3.63, 3.8) is 0 Å². The molecule has 1 aromatic heterocycles. The summed E-state index contributed by atoms with van der Waals surface area (Å²) in [5.74, 6) is -0.924. The number of aromatic nitrogens is 2. The zero-order valence-corrected chi connectivity index (χ0v) is 15.3. The minimum atomic E-state index is -0.601. The summed E-state index contributed by atoms with van der Waals surface area (Å²) in [7, 11) is 0. The lowest BCUT2D eigenvalue weighted by Gasteiger charge is -2.18. The number of carbonyl (C=O) groups excluding carboxylic acids is 2. The molecule has 3 N–H and O–H groups in total. The molecule has 6 nitrogen and oxygen atoms in total. The first kappa shape index (κ1) is 16.5. The number of halogens is 1. The molecule has 26 heavy (non-hydrogen) atoms. The van der Waals surface area contributed by atoms with Crippen LogP contribution in [0.3, 0.4) is 0 Å². The number of fused-ring (bicyclic) bond motifs is 3. The zero-order valence-electron chi connectivity index (χ0n) is 13.7. The molecule has 0 bridgehead atoms. The number of aryl methyl sites for hydroxylation is 1. The van der Waals surface area contributed by atoms with Gasteiger partial charge in [-0.3, -0.25) is 9.59 Å². The van der Waals surface area contributed by atoms with Gasteiger partial charge in [-0.1, -0.05) is 46.3 Å². The number of nitrogens with one attached hydrogen (secondary N) is 1. The number of carbonyl (C=O) groups is 2. The van der Waals surface area contributed by atoms with Crippen LogP contribution in [0.2, 0.25) is 0 Å². The minimum absolute atomic E-state index is 0.198. The standard InChI is InChI=1S/C19H15BrN4O2/c20-13-6-3-5-12(10-13)19(26)23-24-17-14-7-2-1-4-11(14)8-9-15(17)16(22-24)18(21)25/h1-7,10H,8-9H2,(H2,21,25)(H,23,26). The van der Waals surface area contributed by atoms with E-state index in [0.29, 0.717) is 17.7 Å². The summed E-state index contributed by atoms with van der Waals surface area (Å²) >= 11 is 3.36. The van der Waals surface area contributed by atoms with Gasteiger partial charge in [0.15, 0.2) is 5.69 Å². The molecule has 130 valence electrons. The van der Waals surface area contributed by atoms with E-state index in [-0.39, 0.29) is 11.6 Å². The maximum Gasteiger partial charge on any atom is 0.271 e. The van der Waals surface area contributed by atoms with Crippen molar-refractivity contribution in [2.24, 2.45) is 5.73 Å². The SMILES string of the molecule is NC(=O)c1nn(NC(=O)c2cccc(Br)c2)c2c1CCc1ccccc1-2. The van der Waals surface area contributed by atoms with Crippen LogP contribution in [0.1, 0.15) is 32.0 Å².